The van der Waals surface area contributed by atoms with Crippen LogP contribution in [0.15, 0.2) is 53.4 Å². The van der Waals surface area contributed by atoms with E-state index in [4.69, 9.17) is 14.0 Å². The molecule has 32 heavy (non-hydrogen) atoms. The Hall–Kier alpha value is -3.72. The molecule has 1 atom stereocenters. The summed E-state index contributed by atoms with van der Waals surface area (Å²) >= 11 is 0. The number of aryl methyl sites for hydroxylation is 1. The van der Waals surface area contributed by atoms with E-state index in [1.165, 1.54) is 0 Å². The first-order valence-corrected chi connectivity index (χ1v) is 10.4. The number of amides is 1. The number of ether oxygens (including phenoxy) is 2. The number of pyridine rings is 1. The van der Waals surface area contributed by atoms with Gasteiger partial charge in [-0.2, -0.15) is 4.98 Å². The zero-order valence-corrected chi connectivity index (χ0v) is 17.9. The van der Waals surface area contributed by atoms with Crippen LogP contribution in [0, 0.1) is 6.92 Å². The van der Waals surface area contributed by atoms with Crippen molar-refractivity contribution >= 4 is 11.4 Å². The number of hydrogen-bond acceptors (Lipinski definition) is 7. The smallest absolute Gasteiger partial charge is 0.236 e. The Morgan fingerprint density at radius 3 is 2.75 bits per heavy atom. The second-order valence-corrected chi connectivity index (χ2v) is 7.68. The van der Waals surface area contributed by atoms with E-state index in [-0.39, 0.29) is 18.4 Å². The maximum atomic E-state index is 12.7. The Morgan fingerprint density at radius 2 is 2.00 bits per heavy atom. The fraction of sp³-hybridized carbons (Fsp3) is 0.304. The second kappa shape index (κ2) is 8.43. The predicted molar refractivity (Wildman–Crippen MR) is 115 cm³/mol. The molecule has 0 spiro atoms. The summed E-state index contributed by atoms with van der Waals surface area (Å²) in [5.74, 6) is 1.61. The summed E-state index contributed by atoms with van der Waals surface area (Å²) in [5.41, 5.74) is 3.93. The SMILES string of the molecule is COc1ccc(-c2ccc3c([C@@H]4CN(C(=O)Cc5nc(C)no5)CCO4)ncn3c2)cc1. The van der Waals surface area contributed by atoms with Crippen molar-refractivity contribution in [3.05, 3.63) is 66.3 Å². The summed E-state index contributed by atoms with van der Waals surface area (Å²) in [5, 5.41) is 3.74. The number of imidazole rings is 1. The molecular formula is C23H23N5O4. The van der Waals surface area contributed by atoms with E-state index in [9.17, 15) is 4.79 Å². The zero-order valence-electron chi connectivity index (χ0n) is 17.9. The molecule has 1 aromatic carbocycles. The Balaban J connectivity index is 1.34. The van der Waals surface area contributed by atoms with Crippen LogP contribution in [-0.2, 0) is 16.0 Å². The van der Waals surface area contributed by atoms with Gasteiger partial charge in [0.15, 0.2) is 5.82 Å². The van der Waals surface area contributed by atoms with Crippen molar-refractivity contribution in [3.63, 3.8) is 0 Å². The summed E-state index contributed by atoms with van der Waals surface area (Å²) in [6.45, 7) is 3.13. The number of fused-ring (bicyclic) bond motifs is 1. The topological polar surface area (TPSA) is 95.0 Å². The summed E-state index contributed by atoms with van der Waals surface area (Å²) in [4.78, 5) is 23.2. The molecule has 0 aliphatic carbocycles. The summed E-state index contributed by atoms with van der Waals surface area (Å²) in [7, 11) is 1.65. The first-order valence-electron chi connectivity index (χ1n) is 10.4. The molecule has 0 N–H and O–H groups in total. The predicted octanol–water partition coefficient (Wildman–Crippen LogP) is 2.84. The average Bonchev–Trinajstić information content (AvgIpc) is 3.44. The van der Waals surface area contributed by atoms with Crippen molar-refractivity contribution in [1.82, 2.24) is 24.4 Å². The summed E-state index contributed by atoms with van der Waals surface area (Å²) in [6, 6.07) is 12.0. The Bertz CT molecular complexity index is 1250. The lowest BCUT2D eigenvalue weighted by Crippen LogP contribution is -2.43. The fourth-order valence-electron chi connectivity index (χ4n) is 3.92. The largest absolute Gasteiger partial charge is 0.497 e. The first-order chi connectivity index (χ1) is 15.6. The standard InChI is InChI=1S/C23H23N5O4/c1-15-25-21(32-26-15)11-22(29)27-9-10-31-20(13-27)23-19-8-5-17(12-28(19)14-24-23)16-3-6-18(30-2)7-4-16/h3-8,12,14,20H,9-11,13H2,1-2H3/t20-/m0/s1. The molecule has 9 heteroatoms. The third-order valence-electron chi connectivity index (χ3n) is 5.58. The first kappa shape index (κ1) is 20.2. The van der Waals surface area contributed by atoms with Crippen molar-refractivity contribution in [2.75, 3.05) is 26.8 Å². The molecule has 0 saturated carbocycles. The van der Waals surface area contributed by atoms with Gasteiger partial charge in [-0.25, -0.2) is 4.98 Å². The Morgan fingerprint density at radius 1 is 1.19 bits per heavy atom. The van der Waals surface area contributed by atoms with E-state index in [1.807, 2.05) is 40.9 Å². The monoisotopic (exact) mass is 433 g/mol. The number of methoxy groups -OCH3 is 1. The number of carbonyl (C=O) groups is 1. The van der Waals surface area contributed by atoms with Gasteiger partial charge in [-0.3, -0.25) is 4.79 Å². The molecule has 3 aromatic heterocycles. The molecular weight excluding hydrogens is 410 g/mol. The minimum absolute atomic E-state index is 0.0627. The molecule has 1 fully saturated rings. The minimum Gasteiger partial charge on any atom is -0.497 e. The van der Waals surface area contributed by atoms with E-state index >= 15 is 0 Å². The fourth-order valence-corrected chi connectivity index (χ4v) is 3.92. The van der Waals surface area contributed by atoms with E-state index in [1.54, 1.807) is 25.3 Å². The normalized spacial score (nSPS) is 16.4. The van der Waals surface area contributed by atoms with Crippen LogP contribution in [0.2, 0.25) is 0 Å². The van der Waals surface area contributed by atoms with E-state index in [0.717, 1.165) is 28.1 Å². The third kappa shape index (κ3) is 3.94. The van der Waals surface area contributed by atoms with Gasteiger partial charge in [0.05, 0.1) is 37.8 Å². The lowest BCUT2D eigenvalue weighted by Gasteiger charge is -2.32. The van der Waals surface area contributed by atoms with Crippen molar-refractivity contribution in [2.45, 2.75) is 19.4 Å². The van der Waals surface area contributed by atoms with Crippen LogP contribution < -0.4 is 4.74 Å². The van der Waals surface area contributed by atoms with Crippen molar-refractivity contribution < 1.29 is 18.8 Å². The van der Waals surface area contributed by atoms with Gasteiger partial charge in [-0.05, 0) is 36.2 Å². The van der Waals surface area contributed by atoms with Gasteiger partial charge in [-0.1, -0.05) is 23.4 Å². The lowest BCUT2D eigenvalue weighted by molar-refractivity contribution is -0.138. The number of nitrogens with zero attached hydrogens (tertiary/aromatic N) is 5. The van der Waals surface area contributed by atoms with Crippen LogP contribution in [-0.4, -0.2) is 57.1 Å². The molecule has 4 aromatic rings. The van der Waals surface area contributed by atoms with Crippen molar-refractivity contribution in [2.24, 2.45) is 0 Å². The van der Waals surface area contributed by atoms with E-state index in [0.29, 0.717) is 31.4 Å². The highest BCUT2D eigenvalue weighted by molar-refractivity contribution is 5.78. The van der Waals surface area contributed by atoms with Crippen LogP contribution in [0.25, 0.3) is 16.6 Å². The molecule has 0 radical (unpaired) electrons. The highest BCUT2D eigenvalue weighted by Gasteiger charge is 2.29. The number of carbonyl (C=O) groups excluding carboxylic acids is 1. The lowest BCUT2D eigenvalue weighted by atomic mass is 10.1. The van der Waals surface area contributed by atoms with Gasteiger partial charge in [0.25, 0.3) is 0 Å². The zero-order chi connectivity index (χ0) is 22.1. The van der Waals surface area contributed by atoms with Gasteiger partial charge in [0.2, 0.25) is 11.8 Å². The molecule has 0 unspecified atom stereocenters. The summed E-state index contributed by atoms with van der Waals surface area (Å²) in [6.07, 6.45) is 3.61. The van der Waals surface area contributed by atoms with Gasteiger partial charge in [0.1, 0.15) is 18.3 Å². The summed E-state index contributed by atoms with van der Waals surface area (Å²) < 4.78 is 18.3. The quantitative estimate of drug-likeness (QED) is 0.478. The number of morpholine rings is 1. The van der Waals surface area contributed by atoms with Crippen LogP contribution >= 0.6 is 0 Å². The molecule has 164 valence electrons. The maximum absolute atomic E-state index is 12.7. The molecule has 1 amide bonds. The van der Waals surface area contributed by atoms with Crippen LogP contribution in [0.1, 0.15) is 23.5 Å². The maximum Gasteiger partial charge on any atom is 0.236 e. The van der Waals surface area contributed by atoms with Gasteiger partial charge in [-0.15, -0.1) is 0 Å². The Kier molecular flexibility index (Phi) is 5.32. The number of benzene rings is 1. The number of aromatic nitrogens is 4. The van der Waals surface area contributed by atoms with E-state index in [2.05, 4.69) is 21.2 Å². The molecule has 5 rings (SSSR count). The van der Waals surface area contributed by atoms with Gasteiger partial charge in [0, 0.05) is 12.7 Å². The highest BCUT2D eigenvalue weighted by atomic mass is 16.5. The highest BCUT2D eigenvalue weighted by Crippen LogP contribution is 2.28. The van der Waals surface area contributed by atoms with Crippen LogP contribution in [0.4, 0.5) is 0 Å². The molecule has 1 saturated heterocycles. The molecule has 1 aliphatic rings. The average molecular weight is 433 g/mol. The number of hydrogen-bond donors (Lipinski definition) is 0. The van der Waals surface area contributed by atoms with Crippen molar-refractivity contribution in [3.8, 4) is 16.9 Å². The molecule has 9 nitrogen and oxygen atoms in total. The molecule has 0 bridgehead atoms. The van der Waals surface area contributed by atoms with E-state index < -0.39 is 0 Å². The number of rotatable bonds is 5. The van der Waals surface area contributed by atoms with Gasteiger partial charge >= 0.3 is 0 Å². The molecule has 1 aliphatic heterocycles. The molecule has 4 heterocycles. The van der Waals surface area contributed by atoms with Crippen molar-refractivity contribution in [1.29, 1.82) is 0 Å². The van der Waals surface area contributed by atoms with Gasteiger partial charge < -0.3 is 23.3 Å². The second-order valence-electron chi connectivity index (χ2n) is 7.68. The minimum atomic E-state index is -0.297. The Labute approximate surface area is 184 Å². The third-order valence-corrected chi connectivity index (χ3v) is 5.58. The van der Waals surface area contributed by atoms with Crippen LogP contribution in [0.5, 0.6) is 5.75 Å². The van der Waals surface area contributed by atoms with Crippen LogP contribution in [0.3, 0.4) is 0 Å².